The van der Waals surface area contributed by atoms with Crippen LogP contribution in [0.5, 0.6) is 0 Å². The van der Waals surface area contributed by atoms with Gasteiger partial charge < -0.3 is 0 Å². The Morgan fingerprint density at radius 1 is 0.781 bits per heavy atom. The lowest BCUT2D eigenvalue weighted by Crippen LogP contribution is -2.46. The first-order chi connectivity index (χ1) is 14.8. The van der Waals surface area contributed by atoms with Crippen LogP contribution in [0, 0.1) is 11.8 Å². The predicted molar refractivity (Wildman–Crippen MR) is 122 cm³/mol. The molecule has 4 aliphatic heterocycles. The van der Waals surface area contributed by atoms with Crippen molar-refractivity contribution in [2.24, 2.45) is 11.8 Å². The van der Waals surface area contributed by atoms with Crippen molar-refractivity contribution >= 4 is 51.7 Å². The molecule has 0 aromatic rings. The largest absolute Gasteiger partial charge is 0.324 e. The van der Waals surface area contributed by atoms with Crippen LogP contribution in [-0.4, -0.2) is 49.3 Å². The molecule has 12 heteroatoms. The maximum atomic E-state index is 12.0. The molecule has 4 heterocycles. The quantitative estimate of drug-likeness (QED) is 0.410. The van der Waals surface area contributed by atoms with Crippen molar-refractivity contribution in [3.05, 3.63) is 71.9 Å². The fraction of sp³-hybridized carbons (Fsp3) is 0.300. The molecule has 0 aromatic carbocycles. The Hall–Kier alpha value is -2.14. The zero-order chi connectivity index (χ0) is 23.8. The molecule has 6 rings (SSSR count). The third-order valence-electron chi connectivity index (χ3n) is 5.17. The topological polar surface area (TPSA) is 109 Å². The summed E-state index contributed by atoms with van der Waals surface area (Å²) in [5, 5.41) is 0. The number of hydrogen-bond donors (Lipinski definition) is 0. The number of fused-ring (bicyclic) bond motifs is 4. The van der Waals surface area contributed by atoms with Crippen LogP contribution in [-0.2, 0) is 28.1 Å². The molecule has 0 fully saturated rings. The Kier molecular flexibility index (Phi) is 6.90. The fourth-order valence-corrected chi connectivity index (χ4v) is 6.12. The smallest absolute Gasteiger partial charge is 0.273 e. The number of allylic oxidation sites excluding steroid dienone is 4. The van der Waals surface area contributed by atoms with Crippen LogP contribution in [0.25, 0.3) is 0 Å². The van der Waals surface area contributed by atoms with Crippen molar-refractivity contribution < 1.29 is 26.4 Å². The van der Waals surface area contributed by atoms with Crippen molar-refractivity contribution in [1.82, 2.24) is 8.61 Å². The molecule has 0 N–H and O–H groups in total. The molecule has 4 unspecified atom stereocenters. The van der Waals surface area contributed by atoms with Gasteiger partial charge in [-0.1, -0.05) is 71.9 Å². The van der Waals surface area contributed by atoms with E-state index in [0.717, 1.165) is 11.1 Å². The Balaban J connectivity index is 0.000000181. The number of halogens is 2. The number of carbonyl (C=O) groups excluding carboxylic acids is 2. The van der Waals surface area contributed by atoms with Gasteiger partial charge in [0.05, 0.1) is 23.9 Å². The highest BCUT2D eigenvalue weighted by Gasteiger charge is 2.39. The number of rotatable bonds is 2. The van der Waals surface area contributed by atoms with E-state index in [2.05, 4.69) is 0 Å². The van der Waals surface area contributed by atoms with E-state index in [0.29, 0.717) is 8.61 Å². The molecular weight excluding hydrogens is 499 g/mol. The van der Waals surface area contributed by atoms with E-state index < -0.39 is 54.2 Å². The second-order valence-corrected chi connectivity index (χ2v) is 12.2. The number of carbonyl (C=O) groups is 2. The van der Waals surface area contributed by atoms with Crippen LogP contribution in [0.4, 0.5) is 0 Å². The van der Waals surface area contributed by atoms with Crippen LogP contribution in [0.1, 0.15) is 13.8 Å². The number of hydrogen-bond acceptors (Lipinski definition) is 6. The molecule has 32 heavy (non-hydrogen) atoms. The summed E-state index contributed by atoms with van der Waals surface area (Å²) < 4.78 is 46.7. The maximum absolute atomic E-state index is 12.0. The average molecular weight is 519 g/mol. The highest BCUT2D eigenvalue weighted by atomic mass is 35.7. The van der Waals surface area contributed by atoms with Crippen molar-refractivity contribution in [2.75, 3.05) is 0 Å². The Bertz CT molecular complexity index is 1230. The minimum atomic E-state index is -4.04. The molecule has 0 radical (unpaired) electrons. The van der Waals surface area contributed by atoms with Gasteiger partial charge in [-0.25, -0.2) is 8.61 Å². The van der Waals surface area contributed by atoms with E-state index in [1.54, 1.807) is 67.7 Å². The van der Waals surface area contributed by atoms with Gasteiger partial charge in [0.25, 0.3) is 0 Å². The Morgan fingerprint density at radius 3 is 1.97 bits per heavy atom. The molecule has 0 saturated carbocycles. The third kappa shape index (κ3) is 5.09. The molecule has 8 nitrogen and oxygen atoms in total. The molecule has 2 aliphatic carbocycles. The maximum Gasteiger partial charge on any atom is 0.324 e. The summed E-state index contributed by atoms with van der Waals surface area (Å²) >= 11 is 0. The summed E-state index contributed by atoms with van der Waals surface area (Å²) in [7, 11) is 2.44. The van der Waals surface area contributed by atoms with Crippen LogP contribution in [0.3, 0.4) is 0 Å². The van der Waals surface area contributed by atoms with Gasteiger partial charge in [0, 0.05) is 21.4 Å². The number of nitrogens with zero attached hydrogens (tertiary/aromatic N) is 2. The van der Waals surface area contributed by atoms with Gasteiger partial charge in [-0.3, -0.25) is 9.59 Å². The molecule has 0 aromatic heterocycles. The second kappa shape index (κ2) is 9.01. The molecule has 4 atom stereocenters. The minimum absolute atomic E-state index is 0.499. The fourth-order valence-electron chi connectivity index (χ4n) is 3.64. The monoisotopic (exact) mass is 518 g/mol. The van der Waals surface area contributed by atoms with E-state index >= 15 is 0 Å². The lowest BCUT2D eigenvalue weighted by molar-refractivity contribution is -0.129. The standard InChI is InChI=1S/2C10H10ClNO3S/c1-7-2-4-9-5-3-8(6-7)10(13)12(9)16(11,14)15;1-7-3-2-4-8-5-6-9(7)10(13)12(8)16(11,14)15/h2*2-6,8-9H,1H3/b4-2-,7-6-;4-2-,7-3-. The Morgan fingerprint density at radius 2 is 1.34 bits per heavy atom. The average Bonchev–Trinajstić information content (AvgIpc) is 2.63. The van der Waals surface area contributed by atoms with E-state index in [9.17, 15) is 26.4 Å². The lowest BCUT2D eigenvalue weighted by Gasteiger charge is -2.32. The van der Waals surface area contributed by atoms with Crippen LogP contribution in [0.15, 0.2) is 71.9 Å². The van der Waals surface area contributed by atoms with E-state index in [1.165, 1.54) is 0 Å². The number of amides is 2. The summed E-state index contributed by atoms with van der Waals surface area (Å²) in [5.74, 6) is -2.09. The molecular formula is C20H20Cl2N2O6S2. The first-order valence-electron chi connectivity index (χ1n) is 9.44. The first kappa shape index (κ1) is 24.5. The predicted octanol–water partition coefficient (Wildman–Crippen LogP) is 2.74. The van der Waals surface area contributed by atoms with Gasteiger partial charge in [-0.15, -0.1) is 0 Å². The minimum Gasteiger partial charge on any atom is -0.273 e. The summed E-state index contributed by atoms with van der Waals surface area (Å²) in [6, 6.07) is -1.23. The molecule has 0 spiro atoms. The summed E-state index contributed by atoms with van der Waals surface area (Å²) in [6.07, 6.45) is 17.0. The van der Waals surface area contributed by atoms with Gasteiger partial charge in [0.2, 0.25) is 11.8 Å². The highest BCUT2D eigenvalue weighted by molar-refractivity contribution is 8.12. The van der Waals surface area contributed by atoms with E-state index in [4.69, 9.17) is 21.4 Å². The van der Waals surface area contributed by atoms with Gasteiger partial charge in [0.15, 0.2) is 0 Å². The van der Waals surface area contributed by atoms with Gasteiger partial charge in [0.1, 0.15) is 0 Å². The van der Waals surface area contributed by atoms with Crippen molar-refractivity contribution in [3.63, 3.8) is 0 Å². The van der Waals surface area contributed by atoms with Crippen molar-refractivity contribution in [2.45, 2.75) is 25.9 Å². The lowest BCUT2D eigenvalue weighted by atomic mass is 9.92. The molecule has 6 aliphatic rings. The van der Waals surface area contributed by atoms with Gasteiger partial charge in [-0.2, -0.15) is 16.8 Å². The Labute approximate surface area is 195 Å². The summed E-state index contributed by atoms with van der Waals surface area (Å²) in [6.45, 7) is 3.64. The van der Waals surface area contributed by atoms with Gasteiger partial charge in [-0.05, 0) is 13.8 Å². The third-order valence-corrected chi connectivity index (χ3v) is 7.85. The highest BCUT2D eigenvalue weighted by Crippen LogP contribution is 2.29. The van der Waals surface area contributed by atoms with Crippen LogP contribution >= 0.6 is 21.4 Å². The zero-order valence-corrected chi connectivity index (χ0v) is 20.1. The molecule has 2 amide bonds. The first-order valence-corrected chi connectivity index (χ1v) is 14.0. The van der Waals surface area contributed by atoms with E-state index in [-0.39, 0.29) is 0 Å². The van der Waals surface area contributed by atoms with Gasteiger partial charge >= 0.3 is 18.5 Å². The van der Waals surface area contributed by atoms with Crippen LogP contribution in [0.2, 0.25) is 0 Å². The normalized spacial score (nSPS) is 34.2. The molecule has 0 saturated heterocycles. The summed E-state index contributed by atoms with van der Waals surface area (Å²) in [4.78, 5) is 23.8. The molecule has 172 valence electrons. The van der Waals surface area contributed by atoms with E-state index in [1.807, 2.05) is 6.92 Å². The zero-order valence-electron chi connectivity index (χ0n) is 17.0. The second-order valence-electron chi connectivity index (χ2n) is 7.47. The SMILES string of the molecule is C/C1=C/C=C\C2C=CC1C(=O)N2S(=O)(=O)Cl.CC1=C/C2C=CC(/C=C\1)N(S(=O)(=O)Cl)C2=O. The van der Waals surface area contributed by atoms with Crippen molar-refractivity contribution in [3.8, 4) is 0 Å². The molecule has 4 bridgehead atoms. The van der Waals surface area contributed by atoms with Crippen molar-refractivity contribution in [1.29, 1.82) is 0 Å². The van der Waals surface area contributed by atoms with Crippen LogP contribution < -0.4 is 0 Å². The summed E-state index contributed by atoms with van der Waals surface area (Å²) in [5.41, 5.74) is 1.72.